The summed E-state index contributed by atoms with van der Waals surface area (Å²) < 4.78 is 0. The first kappa shape index (κ1) is 15.6. The van der Waals surface area contributed by atoms with Gasteiger partial charge in [-0.2, -0.15) is 0 Å². The summed E-state index contributed by atoms with van der Waals surface area (Å²) in [6.45, 7) is 0.176. The number of aromatic nitrogens is 1. The highest BCUT2D eigenvalue weighted by atomic mass is 35.5. The molecule has 0 unspecified atom stereocenters. The third kappa shape index (κ3) is 3.09. The number of aromatic carboxylic acids is 1. The van der Waals surface area contributed by atoms with Crippen molar-refractivity contribution in [2.45, 2.75) is 12.8 Å². The first-order valence-corrected chi connectivity index (χ1v) is 7.72. The number of aliphatic hydroxyl groups is 1. The van der Waals surface area contributed by atoms with E-state index < -0.39 is 5.97 Å². The Balaban J connectivity index is 2.03. The highest BCUT2D eigenvalue weighted by molar-refractivity contribution is 6.34. The number of hydrogen-bond acceptors (Lipinski definition) is 2. The number of rotatable bonds is 5. The molecule has 0 amide bonds. The van der Waals surface area contributed by atoms with Crippen LogP contribution in [0, 0.1) is 0 Å². The number of aromatic amines is 1. The van der Waals surface area contributed by atoms with Gasteiger partial charge in [-0.1, -0.05) is 35.9 Å². The molecule has 0 bridgehead atoms. The van der Waals surface area contributed by atoms with E-state index in [1.165, 1.54) is 6.20 Å². The molecule has 0 spiro atoms. The van der Waals surface area contributed by atoms with Crippen LogP contribution in [0.15, 0.2) is 42.6 Å². The van der Waals surface area contributed by atoms with Crippen LogP contribution in [0.3, 0.4) is 0 Å². The zero-order valence-electron chi connectivity index (χ0n) is 12.3. The molecule has 0 fully saturated rings. The Morgan fingerprint density at radius 1 is 1.17 bits per heavy atom. The predicted molar refractivity (Wildman–Crippen MR) is 91.1 cm³/mol. The zero-order chi connectivity index (χ0) is 16.4. The van der Waals surface area contributed by atoms with Gasteiger partial charge in [0.15, 0.2) is 0 Å². The number of carboxylic acid groups (broad SMARTS) is 1. The Morgan fingerprint density at radius 3 is 2.57 bits per heavy atom. The van der Waals surface area contributed by atoms with E-state index in [9.17, 15) is 9.90 Å². The summed E-state index contributed by atoms with van der Waals surface area (Å²) in [6.07, 6.45) is 3.03. The minimum Gasteiger partial charge on any atom is -0.478 e. The van der Waals surface area contributed by atoms with Crippen LogP contribution >= 0.6 is 11.6 Å². The maximum absolute atomic E-state index is 11.3. The normalized spacial score (nSPS) is 11.0. The van der Waals surface area contributed by atoms with Crippen LogP contribution in [0.2, 0.25) is 5.02 Å². The number of carbonyl (C=O) groups is 1. The lowest BCUT2D eigenvalue weighted by atomic mass is 10.00. The number of H-pyrrole nitrogens is 1. The smallest absolute Gasteiger partial charge is 0.337 e. The first-order chi connectivity index (χ1) is 11.1. The monoisotopic (exact) mass is 329 g/mol. The molecule has 23 heavy (non-hydrogen) atoms. The van der Waals surface area contributed by atoms with Crippen LogP contribution in [-0.4, -0.2) is 27.8 Å². The largest absolute Gasteiger partial charge is 0.478 e. The fourth-order valence-electron chi connectivity index (χ4n) is 2.68. The van der Waals surface area contributed by atoms with Gasteiger partial charge in [-0.05, 0) is 36.1 Å². The number of aryl methyl sites for hydroxylation is 1. The Morgan fingerprint density at radius 2 is 1.91 bits per heavy atom. The highest BCUT2D eigenvalue weighted by Crippen LogP contribution is 2.33. The zero-order valence-corrected chi connectivity index (χ0v) is 13.1. The molecule has 1 aromatic heterocycles. The van der Waals surface area contributed by atoms with Gasteiger partial charge in [0, 0.05) is 29.3 Å². The van der Waals surface area contributed by atoms with Crippen LogP contribution in [0.4, 0.5) is 0 Å². The molecular formula is C18H16ClNO3. The third-order valence-corrected chi connectivity index (χ3v) is 4.20. The Kier molecular flexibility index (Phi) is 4.37. The van der Waals surface area contributed by atoms with Crippen molar-refractivity contribution in [2.75, 3.05) is 6.61 Å². The van der Waals surface area contributed by atoms with Crippen LogP contribution in [0.1, 0.15) is 22.3 Å². The van der Waals surface area contributed by atoms with Gasteiger partial charge < -0.3 is 15.2 Å². The third-order valence-electron chi connectivity index (χ3n) is 3.89. The molecule has 5 heteroatoms. The van der Waals surface area contributed by atoms with Gasteiger partial charge in [0.25, 0.3) is 0 Å². The molecule has 118 valence electrons. The van der Waals surface area contributed by atoms with Gasteiger partial charge in [0.05, 0.1) is 10.6 Å². The average Bonchev–Trinajstić information content (AvgIpc) is 2.95. The number of benzene rings is 2. The molecule has 2 aromatic carbocycles. The molecule has 0 radical (unpaired) electrons. The molecule has 0 saturated carbocycles. The summed E-state index contributed by atoms with van der Waals surface area (Å²) in [7, 11) is 0. The van der Waals surface area contributed by atoms with E-state index in [1.807, 2.05) is 24.3 Å². The van der Waals surface area contributed by atoms with Crippen molar-refractivity contribution in [1.29, 1.82) is 0 Å². The maximum atomic E-state index is 11.3. The SMILES string of the molecule is O=C(O)c1c[nH]c2cc(Cl)c(-c3ccc(CCCO)cc3)cc12. The standard InChI is InChI=1S/C18H16ClNO3/c19-16-9-17-14(15(10-20-17)18(22)23)8-13(16)12-5-3-11(4-6-12)2-1-7-21/h3-6,8-10,20-21H,1-2,7H2,(H,22,23). The molecular weight excluding hydrogens is 314 g/mol. The Hall–Kier alpha value is -2.30. The number of nitrogens with one attached hydrogen (secondary N) is 1. The molecule has 0 aliphatic carbocycles. The van der Waals surface area contributed by atoms with E-state index in [2.05, 4.69) is 4.98 Å². The number of carboxylic acids is 1. The second-order valence-electron chi connectivity index (χ2n) is 5.41. The summed E-state index contributed by atoms with van der Waals surface area (Å²) in [4.78, 5) is 14.2. The van der Waals surface area contributed by atoms with Crippen molar-refractivity contribution in [3.8, 4) is 11.1 Å². The van der Waals surface area contributed by atoms with Gasteiger partial charge in [-0.25, -0.2) is 4.79 Å². The summed E-state index contributed by atoms with van der Waals surface area (Å²) >= 11 is 6.35. The van der Waals surface area contributed by atoms with Crippen LogP contribution in [0.25, 0.3) is 22.0 Å². The van der Waals surface area contributed by atoms with Crippen molar-refractivity contribution in [1.82, 2.24) is 4.98 Å². The number of fused-ring (bicyclic) bond motifs is 1. The molecule has 3 rings (SSSR count). The molecule has 3 aromatic rings. The predicted octanol–water partition coefficient (Wildman–Crippen LogP) is 4.11. The van der Waals surface area contributed by atoms with E-state index in [4.69, 9.17) is 16.7 Å². The van der Waals surface area contributed by atoms with Crippen molar-refractivity contribution in [2.24, 2.45) is 0 Å². The highest BCUT2D eigenvalue weighted by Gasteiger charge is 2.14. The van der Waals surface area contributed by atoms with Crippen LogP contribution in [-0.2, 0) is 6.42 Å². The van der Waals surface area contributed by atoms with E-state index in [0.717, 1.165) is 29.5 Å². The molecule has 1 heterocycles. The number of hydrogen-bond donors (Lipinski definition) is 3. The number of aliphatic hydroxyl groups excluding tert-OH is 1. The summed E-state index contributed by atoms with van der Waals surface area (Å²) in [5.74, 6) is -0.969. The van der Waals surface area contributed by atoms with Gasteiger partial charge in [-0.3, -0.25) is 0 Å². The lowest BCUT2D eigenvalue weighted by Gasteiger charge is -2.07. The quantitative estimate of drug-likeness (QED) is 0.659. The molecule has 3 N–H and O–H groups in total. The van der Waals surface area contributed by atoms with Gasteiger partial charge in [-0.15, -0.1) is 0 Å². The van der Waals surface area contributed by atoms with E-state index in [0.29, 0.717) is 15.9 Å². The second kappa shape index (κ2) is 6.44. The van der Waals surface area contributed by atoms with Gasteiger partial charge in [0.2, 0.25) is 0 Å². The van der Waals surface area contributed by atoms with Crippen molar-refractivity contribution >= 4 is 28.5 Å². The van der Waals surface area contributed by atoms with Crippen molar-refractivity contribution in [3.05, 3.63) is 58.7 Å². The maximum Gasteiger partial charge on any atom is 0.337 e. The minimum atomic E-state index is -0.969. The Labute approximate surface area is 138 Å². The minimum absolute atomic E-state index is 0.176. The fraction of sp³-hybridized carbons (Fsp3) is 0.167. The van der Waals surface area contributed by atoms with Crippen LogP contribution in [0.5, 0.6) is 0 Å². The average molecular weight is 330 g/mol. The summed E-state index contributed by atoms with van der Waals surface area (Å²) in [5, 5.41) is 19.3. The van der Waals surface area contributed by atoms with Crippen molar-refractivity contribution in [3.63, 3.8) is 0 Å². The topological polar surface area (TPSA) is 73.3 Å². The van der Waals surface area contributed by atoms with Gasteiger partial charge >= 0.3 is 5.97 Å². The molecule has 0 saturated heterocycles. The van der Waals surface area contributed by atoms with E-state index >= 15 is 0 Å². The van der Waals surface area contributed by atoms with Crippen LogP contribution < -0.4 is 0 Å². The lowest BCUT2D eigenvalue weighted by molar-refractivity contribution is 0.0699. The molecule has 4 nitrogen and oxygen atoms in total. The summed E-state index contributed by atoms with van der Waals surface area (Å²) in [5.41, 5.74) is 3.82. The lowest BCUT2D eigenvalue weighted by Crippen LogP contribution is -1.94. The van der Waals surface area contributed by atoms with Gasteiger partial charge in [0.1, 0.15) is 0 Å². The van der Waals surface area contributed by atoms with E-state index in [1.54, 1.807) is 12.1 Å². The summed E-state index contributed by atoms with van der Waals surface area (Å²) in [6, 6.07) is 11.5. The second-order valence-corrected chi connectivity index (χ2v) is 5.82. The molecule has 0 atom stereocenters. The fourth-order valence-corrected chi connectivity index (χ4v) is 2.95. The molecule has 0 aliphatic heterocycles. The number of halogens is 1. The van der Waals surface area contributed by atoms with E-state index in [-0.39, 0.29) is 12.2 Å². The van der Waals surface area contributed by atoms with Crippen molar-refractivity contribution < 1.29 is 15.0 Å². The Bertz CT molecular complexity index is 853. The first-order valence-electron chi connectivity index (χ1n) is 7.34. The molecule has 0 aliphatic rings.